The lowest BCUT2D eigenvalue weighted by molar-refractivity contribution is 0.432. The summed E-state index contributed by atoms with van der Waals surface area (Å²) in [5.41, 5.74) is 2.47. The second kappa shape index (κ2) is 6.72. The van der Waals surface area contributed by atoms with Crippen molar-refractivity contribution < 1.29 is 8.91 Å². The van der Waals surface area contributed by atoms with Crippen LogP contribution in [0.2, 0.25) is 0 Å². The molecule has 7 heteroatoms. The highest BCUT2D eigenvalue weighted by molar-refractivity contribution is 5.74. The molecule has 0 unspecified atom stereocenters. The van der Waals surface area contributed by atoms with E-state index in [1.165, 1.54) is 12.4 Å². The average molecular weight is 347 g/mol. The minimum atomic E-state index is -0.297. The molecule has 0 amide bonds. The van der Waals surface area contributed by atoms with Crippen LogP contribution in [0.5, 0.6) is 0 Å². The van der Waals surface area contributed by atoms with Crippen molar-refractivity contribution in [3.8, 4) is 22.8 Å². The summed E-state index contributed by atoms with van der Waals surface area (Å²) in [6.45, 7) is 1.69. The lowest BCUT2D eigenvalue weighted by Gasteiger charge is -2.10. The Morgan fingerprint density at radius 1 is 1.04 bits per heavy atom. The van der Waals surface area contributed by atoms with Gasteiger partial charge in [-0.25, -0.2) is 14.4 Å². The third-order valence-electron chi connectivity index (χ3n) is 3.92. The van der Waals surface area contributed by atoms with E-state index in [4.69, 9.17) is 4.52 Å². The molecule has 0 aliphatic rings. The molecular formula is C19H14FN5O. The standard InChI is InChI=1S/C19H14FN5O/c1-12-15(20)8-5-9-16(12)23-18-14(10-21-11-22-18)19-24-17(25-26-19)13-6-3-2-4-7-13/h2-11H,1H3,(H,21,22,23). The van der Waals surface area contributed by atoms with Crippen molar-refractivity contribution in [2.24, 2.45) is 0 Å². The molecule has 26 heavy (non-hydrogen) atoms. The van der Waals surface area contributed by atoms with E-state index in [1.54, 1.807) is 25.3 Å². The van der Waals surface area contributed by atoms with Gasteiger partial charge < -0.3 is 9.84 Å². The van der Waals surface area contributed by atoms with Crippen LogP contribution >= 0.6 is 0 Å². The Morgan fingerprint density at radius 3 is 2.73 bits per heavy atom. The van der Waals surface area contributed by atoms with E-state index in [1.807, 2.05) is 30.3 Å². The zero-order valence-electron chi connectivity index (χ0n) is 13.8. The minimum Gasteiger partial charge on any atom is -0.339 e. The number of benzene rings is 2. The molecule has 2 aromatic heterocycles. The lowest BCUT2D eigenvalue weighted by Crippen LogP contribution is -2.00. The van der Waals surface area contributed by atoms with Crippen LogP contribution < -0.4 is 5.32 Å². The molecule has 0 spiro atoms. The Labute approximate surface area is 148 Å². The molecule has 0 saturated heterocycles. The third kappa shape index (κ3) is 3.02. The number of hydrogen-bond acceptors (Lipinski definition) is 6. The fourth-order valence-electron chi connectivity index (χ4n) is 2.49. The van der Waals surface area contributed by atoms with Crippen molar-refractivity contribution in [2.45, 2.75) is 6.92 Å². The molecule has 128 valence electrons. The normalized spacial score (nSPS) is 10.7. The molecule has 0 aliphatic heterocycles. The molecule has 2 aromatic carbocycles. The van der Waals surface area contributed by atoms with E-state index >= 15 is 0 Å². The highest BCUT2D eigenvalue weighted by Gasteiger charge is 2.16. The lowest BCUT2D eigenvalue weighted by atomic mass is 10.2. The van der Waals surface area contributed by atoms with Crippen LogP contribution in [0.1, 0.15) is 5.56 Å². The number of hydrogen-bond donors (Lipinski definition) is 1. The number of nitrogens with one attached hydrogen (secondary N) is 1. The highest BCUT2D eigenvalue weighted by atomic mass is 19.1. The van der Waals surface area contributed by atoms with Crippen LogP contribution in [-0.2, 0) is 0 Å². The summed E-state index contributed by atoms with van der Waals surface area (Å²) in [5.74, 6) is 0.907. The molecule has 0 bridgehead atoms. The van der Waals surface area contributed by atoms with Gasteiger partial charge in [0.25, 0.3) is 5.89 Å². The van der Waals surface area contributed by atoms with Gasteiger partial charge in [-0.3, -0.25) is 0 Å². The molecule has 0 radical (unpaired) electrons. The SMILES string of the molecule is Cc1c(F)cccc1Nc1ncncc1-c1nc(-c2ccccc2)no1. The van der Waals surface area contributed by atoms with Crippen LogP contribution in [0.15, 0.2) is 65.6 Å². The number of halogens is 1. The van der Waals surface area contributed by atoms with Crippen molar-refractivity contribution in [3.63, 3.8) is 0 Å². The zero-order chi connectivity index (χ0) is 17.9. The van der Waals surface area contributed by atoms with E-state index in [0.29, 0.717) is 28.5 Å². The van der Waals surface area contributed by atoms with Crippen molar-refractivity contribution in [1.82, 2.24) is 20.1 Å². The first-order valence-electron chi connectivity index (χ1n) is 7.94. The summed E-state index contributed by atoms with van der Waals surface area (Å²) in [6, 6.07) is 14.3. The quantitative estimate of drug-likeness (QED) is 0.590. The molecule has 1 N–H and O–H groups in total. The molecular weight excluding hydrogens is 333 g/mol. The second-order valence-electron chi connectivity index (χ2n) is 5.61. The summed E-state index contributed by atoms with van der Waals surface area (Å²) in [6.07, 6.45) is 2.97. The average Bonchev–Trinajstić information content (AvgIpc) is 3.17. The van der Waals surface area contributed by atoms with Crippen LogP contribution in [0, 0.1) is 12.7 Å². The third-order valence-corrected chi connectivity index (χ3v) is 3.92. The van der Waals surface area contributed by atoms with Crippen molar-refractivity contribution in [2.75, 3.05) is 5.32 Å². The monoisotopic (exact) mass is 347 g/mol. The minimum absolute atomic E-state index is 0.279. The molecule has 0 atom stereocenters. The number of aromatic nitrogens is 4. The van der Waals surface area contributed by atoms with E-state index in [-0.39, 0.29) is 11.7 Å². The number of nitrogens with zero attached hydrogens (tertiary/aromatic N) is 4. The van der Waals surface area contributed by atoms with Gasteiger partial charge in [-0.05, 0) is 19.1 Å². The Balaban J connectivity index is 1.71. The van der Waals surface area contributed by atoms with Gasteiger partial charge in [-0.15, -0.1) is 0 Å². The molecule has 6 nitrogen and oxygen atoms in total. The summed E-state index contributed by atoms with van der Waals surface area (Å²) < 4.78 is 19.2. The van der Waals surface area contributed by atoms with Crippen molar-refractivity contribution in [3.05, 3.63) is 72.4 Å². The molecule has 0 saturated carbocycles. The van der Waals surface area contributed by atoms with Crippen molar-refractivity contribution >= 4 is 11.5 Å². The van der Waals surface area contributed by atoms with Gasteiger partial charge in [0, 0.05) is 23.0 Å². The first-order valence-corrected chi connectivity index (χ1v) is 7.94. The van der Waals surface area contributed by atoms with Gasteiger partial charge >= 0.3 is 0 Å². The Kier molecular flexibility index (Phi) is 4.10. The maximum absolute atomic E-state index is 13.8. The summed E-state index contributed by atoms with van der Waals surface area (Å²) in [7, 11) is 0. The molecule has 0 aliphatic carbocycles. The van der Waals surface area contributed by atoms with Gasteiger partial charge in [0.15, 0.2) is 0 Å². The summed E-state index contributed by atoms with van der Waals surface area (Å²) in [5, 5.41) is 7.12. The smallest absolute Gasteiger partial charge is 0.263 e. The van der Waals surface area contributed by atoms with E-state index < -0.39 is 0 Å². The molecule has 4 aromatic rings. The number of anilines is 2. The van der Waals surface area contributed by atoms with E-state index in [0.717, 1.165) is 5.56 Å². The second-order valence-corrected chi connectivity index (χ2v) is 5.61. The fourth-order valence-corrected chi connectivity index (χ4v) is 2.49. The van der Waals surface area contributed by atoms with E-state index in [2.05, 4.69) is 25.4 Å². The topological polar surface area (TPSA) is 76.7 Å². The van der Waals surface area contributed by atoms with Crippen LogP contribution in [0.3, 0.4) is 0 Å². The summed E-state index contributed by atoms with van der Waals surface area (Å²) >= 11 is 0. The molecule has 2 heterocycles. The van der Waals surface area contributed by atoms with Gasteiger partial charge in [0.1, 0.15) is 23.5 Å². The Hall–Kier alpha value is -3.61. The molecule has 0 fully saturated rings. The van der Waals surface area contributed by atoms with Crippen LogP contribution in [0.4, 0.5) is 15.9 Å². The van der Waals surface area contributed by atoms with Crippen LogP contribution in [-0.4, -0.2) is 20.1 Å². The van der Waals surface area contributed by atoms with Crippen molar-refractivity contribution in [1.29, 1.82) is 0 Å². The summed E-state index contributed by atoms with van der Waals surface area (Å²) in [4.78, 5) is 12.7. The Morgan fingerprint density at radius 2 is 1.88 bits per heavy atom. The fraction of sp³-hybridized carbons (Fsp3) is 0.0526. The van der Waals surface area contributed by atoms with Gasteiger partial charge in [-0.1, -0.05) is 41.6 Å². The first-order chi connectivity index (χ1) is 12.7. The predicted molar refractivity (Wildman–Crippen MR) is 95.2 cm³/mol. The zero-order valence-corrected chi connectivity index (χ0v) is 13.8. The Bertz CT molecular complexity index is 1050. The molecule has 4 rings (SSSR count). The van der Waals surface area contributed by atoms with Gasteiger partial charge in [0.2, 0.25) is 5.82 Å². The maximum Gasteiger partial charge on any atom is 0.263 e. The first kappa shape index (κ1) is 15.9. The van der Waals surface area contributed by atoms with Crippen LogP contribution in [0.25, 0.3) is 22.8 Å². The van der Waals surface area contributed by atoms with E-state index in [9.17, 15) is 4.39 Å². The predicted octanol–water partition coefficient (Wildman–Crippen LogP) is 4.38. The van der Waals surface area contributed by atoms with Gasteiger partial charge in [-0.2, -0.15) is 4.98 Å². The largest absolute Gasteiger partial charge is 0.339 e. The maximum atomic E-state index is 13.8. The number of rotatable bonds is 4. The highest BCUT2D eigenvalue weighted by Crippen LogP contribution is 2.29. The van der Waals surface area contributed by atoms with Gasteiger partial charge in [0.05, 0.1) is 0 Å².